The molecule has 0 saturated heterocycles. The fourth-order valence-electron chi connectivity index (χ4n) is 1.57. The summed E-state index contributed by atoms with van der Waals surface area (Å²) in [4.78, 5) is 0. The first-order chi connectivity index (χ1) is 6.83. The zero-order chi connectivity index (χ0) is 9.97. The normalized spacial score (nSPS) is 13.4. The molecule has 2 rings (SSSR count). The third-order valence-electron chi connectivity index (χ3n) is 2.34. The zero-order valence-corrected chi connectivity index (χ0v) is 8.04. The molecule has 1 aliphatic rings. The summed E-state index contributed by atoms with van der Waals surface area (Å²) in [5.74, 6) is 1.58. The molecular weight excluding hydrogens is 178 g/mol. The predicted molar refractivity (Wildman–Crippen MR) is 51.5 cm³/mol. The maximum Gasteiger partial charge on any atom is 0.164 e. The van der Waals surface area contributed by atoms with Crippen molar-refractivity contribution < 1.29 is 9.47 Å². The fourth-order valence-corrected chi connectivity index (χ4v) is 1.57. The average molecular weight is 189 g/mol. The van der Waals surface area contributed by atoms with E-state index in [0.29, 0.717) is 19.6 Å². The van der Waals surface area contributed by atoms with Crippen molar-refractivity contribution in [2.45, 2.75) is 13.3 Å². The van der Waals surface area contributed by atoms with Crippen molar-refractivity contribution in [2.75, 3.05) is 13.2 Å². The quantitative estimate of drug-likeness (QED) is 0.676. The Morgan fingerprint density at radius 1 is 1.36 bits per heavy atom. The topological polar surface area (TPSA) is 42.2 Å². The lowest BCUT2D eigenvalue weighted by molar-refractivity contribution is 0.170. The van der Waals surface area contributed by atoms with Crippen LogP contribution in [0.1, 0.15) is 11.1 Å². The summed E-state index contributed by atoms with van der Waals surface area (Å²) in [6, 6.07) is 5.93. The smallest absolute Gasteiger partial charge is 0.164 e. The second kappa shape index (κ2) is 3.59. The minimum Gasteiger partial charge on any atom is -0.486 e. The van der Waals surface area contributed by atoms with Crippen LogP contribution in [0.5, 0.6) is 11.5 Å². The maximum atomic E-state index is 8.63. The van der Waals surface area contributed by atoms with Gasteiger partial charge in [-0.25, -0.2) is 0 Å². The third kappa shape index (κ3) is 1.39. The molecule has 0 fully saturated rings. The number of nitriles is 1. The predicted octanol–water partition coefficient (Wildman–Crippen LogP) is 1.83. The standard InChI is InChI=1S/C11H11NO2/c1-8-9(4-5-12)2-3-10-11(8)14-7-6-13-10/h2-3H,4,6-7H2,1H3. The van der Waals surface area contributed by atoms with E-state index in [9.17, 15) is 0 Å². The van der Waals surface area contributed by atoms with Gasteiger partial charge in [0.1, 0.15) is 13.2 Å². The molecule has 0 bridgehead atoms. The Kier molecular flexibility index (Phi) is 2.28. The first-order valence-electron chi connectivity index (χ1n) is 4.58. The fraction of sp³-hybridized carbons (Fsp3) is 0.364. The van der Waals surface area contributed by atoms with Gasteiger partial charge in [0, 0.05) is 0 Å². The van der Waals surface area contributed by atoms with Gasteiger partial charge in [-0.15, -0.1) is 0 Å². The molecule has 0 N–H and O–H groups in total. The van der Waals surface area contributed by atoms with Gasteiger partial charge in [-0.3, -0.25) is 0 Å². The van der Waals surface area contributed by atoms with Crippen molar-refractivity contribution in [2.24, 2.45) is 0 Å². The molecule has 3 nitrogen and oxygen atoms in total. The Balaban J connectivity index is 2.44. The van der Waals surface area contributed by atoms with E-state index in [1.165, 1.54) is 0 Å². The number of ether oxygens (including phenoxy) is 2. The van der Waals surface area contributed by atoms with Crippen LogP contribution in [0.4, 0.5) is 0 Å². The van der Waals surface area contributed by atoms with E-state index in [4.69, 9.17) is 14.7 Å². The Labute approximate surface area is 82.9 Å². The summed E-state index contributed by atoms with van der Waals surface area (Å²) in [6.07, 6.45) is 0.419. The van der Waals surface area contributed by atoms with Gasteiger partial charge in [0.05, 0.1) is 12.5 Å². The molecule has 14 heavy (non-hydrogen) atoms. The zero-order valence-electron chi connectivity index (χ0n) is 8.04. The third-order valence-corrected chi connectivity index (χ3v) is 2.34. The maximum absolute atomic E-state index is 8.63. The first kappa shape index (κ1) is 8.89. The van der Waals surface area contributed by atoms with E-state index < -0.39 is 0 Å². The molecule has 0 radical (unpaired) electrons. The number of nitrogens with zero attached hydrogens (tertiary/aromatic N) is 1. The highest BCUT2D eigenvalue weighted by molar-refractivity contribution is 5.51. The molecule has 1 heterocycles. The number of hydrogen-bond donors (Lipinski definition) is 0. The second-order valence-corrected chi connectivity index (χ2v) is 3.21. The van der Waals surface area contributed by atoms with Crippen LogP contribution in [0.3, 0.4) is 0 Å². The van der Waals surface area contributed by atoms with Gasteiger partial charge in [-0.2, -0.15) is 5.26 Å². The van der Waals surface area contributed by atoms with Crippen LogP contribution < -0.4 is 9.47 Å². The summed E-state index contributed by atoms with van der Waals surface area (Å²) in [5.41, 5.74) is 2.03. The molecule has 1 aliphatic heterocycles. The monoisotopic (exact) mass is 189 g/mol. The van der Waals surface area contributed by atoms with Gasteiger partial charge in [-0.1, -0.05) is 6.07 Å². The Morgan fingerprint density at radius 2 is 2.14 bits per heavy atom. The van der Waals surface area contributed by atoms with Crippen LogP contribution in [0.2, 0.25) is 0 Å². The van der Waals surface area contributed by atoms with Crippen molar-refractivity contribution in [3.8, 4) is 17.6 Å². The molecule has 1 aromatic rings. The van der Waals surface area contributed by atoms with E-state index in [1.807, 2.05) is 19.1 Å². The van der Waals surface area contributed by atoms with Gasteiger partial charge in [-0.05, 0) is 24.1 Å². The number of rotatable bonds is 1. The molecule has 0 aromatic heterocycles. The molecule has 1 aromatic carbocycles. The van der Waals surface area contributed by atoms with Crippen molar-refractivity contribution >= 4 is 0 Å². The Bertz CT molecular complexity index is 393. The Morgan fingerprint density at radius 3 is 2.93 bits per heavy atom. The largest absolute Gasteiger partial charge is 0.486 e. The Hall–Kier alpha value is -1.69. The van der Waals surface area contributed by atoms with E-state index >= 15 is 0 Å². The lowest BCUT2D eigenvalue weighted by Gasteiger charge is -2.21. The lowest BCUT2D eigenvalue weighted by Crippen LogP contribution is -2.16. The van der Waals surface area contributed by atoms with Gasteiger partial charge in [0.15, 0.2) is 11.5 Å². The van der Waals surface area contributed by atoms with Crippen LogP contribution in [0.25, 0.3) is 0 Å². The second-order valence-electron chi connectivity index (χ2n) is 3.21. The minimum atomic E-state index is 0.419. The van der Waals surface area contributed by atoms with Crippen LogP contribution in [-0.2, 0) is 6.42 Å². The SMILES string of the molecule is Cc1c(CC#N)ccc2c1OCCO2. The number of hydrogen-bond acceptors (Lipinski definition) is 3. The van der Waals surface area contributed by atoms with E-state index in [-0.39, 0.29) is 0 Å². The van der Waals surface area contributed by atoms with Crippen molar-refractivity contribution in [1.29, 1.82) is 5.26 Å². The van der Waals surface area contributed by atoms with E-state index in [1.54, 1.807) is 0 Å². The summed E-state index contributed by atoms with van der Waals surface area (Å²) < 4.78 is 10.9. The molecular formula is C11H11NO2. The summed E-state index contributed by atoms with van der Waals surface area (Å²) in [6.45, 7) is 3.15. The number of benzene rings is 1. The van der Waals surface area contributed by atoms with Crippen molar-refractivity contribution in [1.82, 2.24) is 0 Å². The summed E-state index contributed by atoms with van der Waals surface area (Å²) in [5, 5.41) is 8.63. The van der Waals surface area contributed by atoms with E-state index in [0.717, 1.165) is 22.6 Å². The highest BCUT2D eigenvalue weighted by atomic mass is 16.6. The molecule has 72 valence electrons. The van der Waals surface area contributed by atoms with Crippen LogP contribution in [-0.4, -0.2) is 13.2 Å². The van der Waals surface area contributed by atoms with Crippen molar-refractivity contribution in [3.63, 3.8) is 0 Å². The molecule has 3 heteroatoms. The molecule has 0 atom stereocenters. The highest BCUT2D eigenvalue weighted by Gasteiger charge is 2.15. The average Bonchev–Trinajstić information content (AvgIpc) is 2.23. The number of fused-ring (bicyclic) bond motifs is 1. The van der Waals surface area contributed by atoms with Crippen LogP contribution in [0, 0.1) is 18.3 Å². The molecule has 0 saturated carbocycles. The lowest BCUT2D eigenvalue weighted by atomic mass is 10.0. The van der Waals surface area contributed by atoms with E-state index in [2.05, 4.69) is 6.07 Å². The van der Waals surface area contributed by atoms with Crippen molar-refractivity contribution in [3.05, 3.63) is 23.3 Å². The first-order valence-corrected chi connectivity index (χ1v) is 4.58. The summed E-state index contributed by atoms with van der Waals surface area (Å²) >= 11 is 0. The van der Waals surface area contributed by atoms with Gasteiger partial charge in [0.2, 0.25) is 0 Å². The van der Waals surface area contributed by atoms with Gasteiger partial charge < -0.3 is 9.47 Å². The molecule has 0 aliphatic carbocycles. The highest BCUT2D eigenvalue weighted by Crippen LogP contribution is 2.35. The minimum absolute atomic E-state index is 0.419. The van der Waals surface area contributed by atoms with Gasteiger partial charge >= 0.3 is 0 Å². The molecule has 0 spiro atoms. The summed E-state index contributed by atoms with van der Waals surface area (Å²) in [7, 11) is 0. The molecule has 0 amide bonds. The van der Waals surface area contributed by atoms with Gasteiger partial charge in [0.25, 0.3) is 0 Å². The molecule has 0 unspecified atom stereocenters. The van der Waals surface area contributed by atoms with Crippen LogP contribution in [0.15, 0.2) is 12.1 Å². The van der Waals surface area contributed by atoms with Crippen LogP contribution >= 0.6 is 0 Å².